The summed E-state index contributed by atoms with van der Waals surface area (Å²) in [5.74, 6) is 6.31. The van der Waals surface area contributed by atoms with Gasteiger partial charge in [-0.2, -0.15) is 0 Å². The first kappa shape index (κ1) is 12.4. The van der Waals surface area contributed by atoms with Crippen LogP contribution in [0.2, 0.25) is 0 Å². The second-order valence-corrected chi connectivity index (χ2v) is 3.81. The lowest BCUT2D eigenvalue weighted by atomic mass is 10.1. The number of aromatic hydroxyl groups is 1. The summed E-state index contributed by atoms with van der Waals surface area (Å²) in [5, 5.41) is 9.59. The Morgan fingerprint density at radius 3 is 2.81 bits per heavy atom. The Morgan fingerprint density at radius 1 is 1.38 bits per heavy atom. The van der Waals surface area contributed by atoms with Crippen molar-refractivity contribution in [2.45, 2.75) is 33.1 Å². The molecule has 0 amide bonds. The second kappa shape index (κ2) is 6.74. The summed E-state index contributed by atoms with van der Waals surface area (Å²) in [4.78, 5) is 0. The highest BCUT2D eigenvalue weighted by molar-refractivity contribution is 5.33. The fourth-order valence-electron chi connectivity index (χ4n) is 1.45. The number of phenols is 1. The molecule has 0 aliphatic heterocycles. The predicted octanol–water partition coefficient (Wildman–Crippen LogP) is 3.68. The summed E-state index contributed by atoms with van der Waals surface area (Å²) in [6, 6.07) is 7.46. The van der Waals surface area contributed by atoms with Crippen LogP contribution in [0.5, 0.6) is 5.75 Å². The van der Waals surface area contributed by atoms with E-state index in [0.717, 1.165) is 24.8 Å². The molecule has 0 spiro atoms. The third-order valence-electron chi connectivity index (χ3n) is 2.48. The van der Waals surface area contributed by atoms with E-state index in [9.17, 15) is 5.11 Å². The minimum Gasteiger partial charge on any atom is -0.508 e. The Bertz CT molecular complexity index is 419. The SMILES string of the molecule is CC#CCCC(C)=CCc1ccccc1O. The Kier molecular flexibility index (Phi) is 5.22. The number of hydrogen-bond acceptors (Lipinski definition) is 1. The summed E-state index contributed by atoms with van der Waals surface area (Å²) in [7, 11) is 0. The standard InChI is InChI=1S/C15H18O/c1-3-4-5-8-13(2)11-12-14-9-6-7-10-15(14)16/h6-7,9-11,16H,5,8,12H2,1-2H3. The highest BCUT2D eigenvalue weighted by atomic mass is 16.3. The van der Waals surface area contributed by atoms with Gasteiger partial charge in [0.2, 0.25) is 0 Å². The maximum Gasteiger partial charge on any atom is 0.119 e. The van der Waals surface area contributed by atoms with Crippen molar-refractivity contribution < 1.29 is 5.11 Å². The second-order valence-electron chi connectivity index (χ2n) is 3.81. The van der Waals surface area contributed by atoms with E-state index in [1.807, 2.05) is 25.1 Å². The van der Waals surface area contributed by atoms with E-state index in [1.165, 1.54) is 5.57 Å². The number of phenolic OH excluding ortho intramolecular Hbond substituents is 1. The Hall–Kier alpha value is -1.68. The average Bonchev–Trinajstić information content (AvgIpc) is 2.28. The molecule has 0 saturated heterocycles. The van der Waals surface area contributed by atoms with Gasteiger partial charge in [-0.25, -0.2) is 0 Å². The predicted molar refractivity (Wildman–Crippen MR) is 68.3 cm³/mol. The number of benzene rings is 1. The van der Waals surface area contributed by atoms with Crippen LogP contribution in [-0.2, 0) is 6.42 Å². The minimum atomic E-state index is 0.375. The van der Waals surface area contributed by atoms with Crippen molar-refractivity contribution in [2.24, 2.45) is 0 Å². The molecule has 1 N–H and O–H groups in total. The summed E-state index contributed by atoms with van der Waals surface area (Å²) in [6.07, 6.45) is 4.87. The monoisotopic (exact) mass is 214 g/mol. The summed E-state index contributed by atoms with van der Waals surface area (Å²) in [5.41, 5.74) is 2.30. The zero-order valence-corrected chi connectivity index (χ0v) is 9.96. The van der Waals surface area contributed by atoms with Crippen LogP contribution >= 0.6 is 0 Å². The molecule has 0 radical (unpaired) electrons. The van der Waals surface area contributed by atoms with Gasteiger partial charge in [-0.05, 0) is 38.3 Å². The van der Waals surface area contributed by atoms with Crippen LogP contribution in [0.1, 0.15) is 32.3 Å². The zero-order chi connectivity index (χ0) is 11.8. The Labute approximate surface area is 97.8 Å². The third-order valence-corrected chi connectivity index (χ3v) is 2.48. The smallest absolute Gasteiger partial charge is 0.119 e. The van der Waals surface area contributed by atoms with Gasteiger partial charge >= 0.3 is 0 Å². The quantitative estimate of drug-likeness (QED) is 0.598. The lowest BCUT2D eigenvalue weighted by molar-refractivity contribution is 0.469. The van der Waals surface area contributed by atoms with Gasteiger partial charge in [0.05, 0.1) is 0 Å². The van der Waals surface area contributed by atoms with Crippen molar-refractivity contribution in [2.75, 3.05) is 0 Å². The van der Waals surface area contributed by atoms with Crippen molar-refractivity contribution in [1.29, 1.82) is 0 Å². The topological polar surface area (TPSA) is 20.2 Å². The Balaban J connectivity index is 2.51. The lowest BCUT2D eigenvalue weighted by Crippen LogP contribution is -1.84. The van der Waals surface area contributed by atoms with Crippen LogP contribution in [0.25, 0.3) is 0 Å². The van der Waals surface area contributed by atoms with Crippen LogP contribution in [0.4, 0.5) is 0 Å². The van der Waals surface area contributed by atoms with Gasteiger partial charge in [0, 0.05) is 6.42 Å². The fourth-order valence-corrected chi connectivity index (χ4v) is 1.45. The van der Waals surface area contributed by atoms with E-state index < -0.39 is 0 Å². The summed E-state index contributed by atoms with van der Waals surface area (Å²) < 4.78 is 0. The van der Waals surface area contributed by atoms with E-state index in [1.54, 1.807) is 6.07 Å². The molecule has 0 aliphatic carbocycles. The van der Waals surface area contributed by atoms with Crippen LogP contribution in [-0.4, -0.2) is 5.11 Å². The molecule has 1 heteroatoms. The van der Waals surface area contributed by atoms with Crippen LogP contribution in [0, 0.1) is 11.8 Å². The van der Waals surface area contributed by atoms with Crippen LogP contribution in [0.15, 0.2) is 35.9 Å². The average molecular weight is 214 g/mol. The maximum atomic E-state index is 9.59. The molecule has 0 aromatic heterocycles. The van der Waals surface area contributed by atoms with Crippen molar-refractivity contribution in [3.8, 4) is 17.6 Å². The van der Waals surface area contributed by atoms with Gasteiger partial charge < -0.3 is 5.11 Å². The highest BCUT2D eigenvalue weighted by Crippen LogP contribution is 2.17. The van der Waals surface area contributed by atoms with Gasteiger partial charge in [0.1, 0.15) is 5.75 Å². The van der Waals surface area contributed by atoms with Gasteiger partial charge in [-0.15, -0.1) is 11.8 Å². The van der Waals surface area contributed by atoms with Crippen molar-refractivity contribution in [3.63, 3.8) is 0 Å². The first-order valence-corrected chi connectivity index (χ1v) is 5.56. The van der Waals surface area contributed by atoms with Crippen molar-refractivity contribution in [3.05, 3.63) is 41.5 Å². The molecule has 0 aliphatic rings. The number of hydrogen-bond donors (Lipinski definition) is 1. The molecular formula is C15H18O. The zero-order valence-electron chi connectivity index (χ0n) is 9.96. The first-order chi connectivity index (χ1) is 7.74. The Morgan fingerprint density at radius 2 is 2.12 bits per heavy atom. The van der Waals surface area contributed by atoms with Gasteiger partial charge in [0.15, 0.2) is 0 Å². The number of rotatable bonds is 4. The van der Waals surface area contributed by atoms with Crippen LogP contribution < -0.4 is 0 Å². The van der Waals surface area contributed by atoms with Gasteiger partial charge in [-0.3, -0.25) is 0 Å². The normalized spacial score (nSPS) is 10.8. The van der Waals surface area contributed by atoms with Gasteiger partial charge in [-0.1, -0.05) is 29.8 Å². The van der Waals surface area contributed by atoms with Crippen molar-refractivity contribution >= 4 is 0 Å². The largest absolute Gasteiger partial charge is 0.508 e. The van der Waals surface area contributed by atoms with Crippen molar-refractivity contribution in [1.82, 2.24) is 0 Å². The molecule has 0 unspecified atom stereocenters. The maximum absolute atomic E-state index is 9.59. The van der Waals surface area contributed by atoms with E-state index in [2.05, 4.69) is 24.8 Å². The van der Waals surface area contributed by atoms with E-state index in [4.69, 9.17) is 0 Å². The first-order valence-electron chi connectivity index (χ1n) is 5.56. The molecular weight excluding hydrogens is 196 g/mol. The molecule has 0 heterocycles. The van der Waals surface area contributed by atoms with Gasteiger partial charge in [0.25, 0.3) is 0 Å². The summed E-state index contributed by atoms with van der Waals surface area (Å²) >= 11 is 0. The third kappa shape index (κ3) is 4.23. The molecule has 1 rings (SSSR count). The molecule has 0 fully saturated rings. The molecule has 0 atom stereocenters. The molecule has 1 nitrogen and oxygen atoms in total. The minimum absolute atomic E-state index is 0.375. The fraction of sp³-hybridized carbons (Fsp3) is 0.333. The number of para-hydroxylation sites is 1. The van der Waals surface area contributed by atoms with Crippen LogP contribution in [0.3, 0.4) is 0 Å². The molecule has 0 bridgehead atoms. The molecule has 16 heavy (non-hydrogen) atoms. The molecule has 1 aromatic carbocycles. The van der Waals surface area contributed by atoms with E-state index in [-0.39, 0.29) is 0 Å². The van der Waals surface area contributed by atoms with E-state index >= 15 is 0 Å². The highest BCUT2D eigenvalue weighted by Gasteiger charge is 1.97. The molecule has 84 valence electrons. The molecule has 1 aromatic rings. The molecule has 0 saturated carbocycles. The lowest BCUT2D eigenvalue weighted by Gasteiger charge is -2.01. The van der Waals surface area contributed by atoms with E-state index in [0.29, 0.717) is 5.75 Å². The summed E-state index contributed by atoms with van der Waals surface area (Å²) in [6.45, 7) is 3.97. The number of allylic oxidation sites excluding steroid dienone is 2.